The minimum Gasteiger partial charge on any atom is -0.388 e. The first kappa shape index (κ1) is 14.0. The standard InChI is InChI=1S/C14H21N3O2/c1-17(10-14(19)5-2-3-6-14)13(18)11-4-7-16-12(8-11)9-15/h4,7-8,19H,2-3,5-6,9-10,15H2,1H3. The van der Waals surface area contributed by atoms with Crippen LogP contribution in [-0.4, -0.2) is 40.1 Å². The molecular formula is C14H21N3O2. The number of hydrogen-bond donors (Lipinski definition) is 2. The predicted molar refractivity (Wildman–Crippen MR) is 72.5 cm³/mol. The van der Waals surface area contributed by atoms with Gasteiger partial charge in [-0.1, -0.05) is 12.8 Å². The Morgan fingerprint density at radius 2 is 2.21 bits per heavy atom. The fourth-order valence-electron chi connectivity index (χ4n) is 2.65. The smallest absolute Gasteiger partial charge is 0.253 e. The second kappa shape index (κ2) is 5.67. The number of aromatic nitrogens is 1. The molecule has 0 spiro atoms. The molecule has 104 valence electrons. The molecule has 0 atom stereocenters. The van der Waals surface area contributed by atoms with E-state index in [0.29, 0.717) is 24.3 Å². The highest BCUT2D eigenvalue weighted by Crippen LogP contribution is 2.30. The van der Waals surface area contributed by atoms with E-state index in [1.807, 2.05) is 0 Å². The molecule has 5 heteroatoms. The van der Waals surface area contributed by atoms with Gasteiger partial charge in [0.15, 0.2) is 0 Å². The number of amides is 1. The summed E-state index contributed by atoms with van der Waals surface area (Å²) in [7, 11) is 1.72. The molecule has 0 bridgehead atoms. The molecule has 1 aliphatic rings. The van der Waals surface area contributed by atoms with E-state index < -0.39 is 5.60 Å². The topological polar surface area (TPSA) is 79.5 Å². The maximum Gasteiger partial charge on any atom is 0.253 e. The highest BCUT2D eigenvalue weighted by atomic mass is 16.3. The molecule has 5 nitrogen and oxygen atoms in total. The third kappa shape index (κ3) is 3.30. The van der Waals surface area contributed by atoms with E-state index in [0.717, 1.165) is 25.7 Å². The van der Waals surface area contributed by atoms with Crippen molar-refractivity contribution in [1.82, 2.24) is 9.88 Å². The lowest BCUT2D eigenvalue weighted by atomic mass is 10.0. The second-order valence-electron chi connectivity index (χ2n) is 5.33. The van der Waals surface area contributed by atoms with Crippen LogP contribution in [0.15, 0.2) is 18.3 Å². The number of pyridine rings is 1. The number of likely N-dealkylation sites (N-methyl/N-ethyl adjacent to an activating group) is 1. The second-order valence-corrected chi connectivity index (χ2v) is 5.33. The summed E-state index contributed by atoms with van der Waals surface area (Å²) in [6.07, 6.45) is 5.20. The molecule has 1 saturated carbocycles. The molecule has 19 heavy (non-hydrogen) atoms. The van der Waals surface area contributed by atoms with Crippen LogP contribution >= 0.6 is 0 Å². The Balaban J connectivity index is 2.05. The van der Waals surface area contributed by atoms with Gasteiger partial charge in [-0.05, 0) is 25.0 Å². The Hall–Kier alpha value is -1.46. The lowest BCUT2D eigenvalue weighted by molar-refractivity contribution is 0.0156. The van der Waals surface area contributed by atoms with Gasteiger partial charge in [-0.3, -0.25) is 9.78 Å². The van der Waals surface area contributed by atoms with Crippen LogP contribution in [0.1, 0.15) is 41.7 Å². The van der Waals surface area contributed by atoms with E-state index in [9.17, 15) is 9.90 Å². The lowest BCUT2D eigenvalue weighted by Gasteiger charge is -2.28. The molecule has 1 aromatic heterocycles. The molecule has 1 fully saturated rings. The average Bonchev–Trinajstić information content (AvgIpc) is 2.84. The Labute approximate surface area is 113 Å². The van der Waals surface area contributed by atoms with Gasteiger partial charge in [0.05, 0.1) is 11.3 Å². The summed E-state index contributed by atoms with van der Waals surface area (Å²) in [5, 5.41) is 10.3. The van der Waals surface area contributed by atoms with Crippen molar-refractivity contribution in [2.24, 2.45) is 5.73 Å². The number of carbonyl (C=O) groups is 1. The highest BCUT2D eigenvalue weighted by molar-refractivity contribution is 5.94. The predicted octanol–water partition coefficient (Wildman–Crippen LogP) is 0.917. The van der Waals surface area contributed by atoms with Crippen LogP contribution in [0.4, 0.5) is 0 Å². The van der Waals surface area contributed by atoms with Gasteiger partial charge < -0.3 is 15.7 Å². The third-order valence-corrected chi connectivity index (χ3v) is 3.69. The highest BCUT2D eigenvalue weighted by Gasteiger charge is 2.33. The van der Waals surface area contributed by atoms with E-state index in [1.165, 1.54) is 0 Å². The van der Waals surface area contributed by atoms with E-state index in [1.54, 1.807) is 30.3 Å². The van der Waals surface area contributed by atoms with Crippen molar-refractivity contribution < 1.29 is 9.90 Å². The Morgan fingerprint density at radius 1 is 1.53 bits per heavy atom. The number of nitrogens with zero attached hydrogens (tertiary/aromatic N) is 2. The van der Waals surface area contributed by atoms with Gasteiger partial charge in [-0.2, -0.15) is 0 Å². The molecule has 1 amide bonds. The van der Waals surface area contributed by atoms with Crippen LogP contribution in [0.2, 0.25) is 0 Å². The minimum atomic E-state index is -0.714. The molecule has 1 aliphatic carbocycles. The lowest BCUT2D eigenvalue weighted by Crippen LogP contribution is -2.42. The van der Waals surface area contributed by atoms with Crippen molar-refractivity contribution in [2.75, 3.05) is 13.6 Å². The van der Waals surface area contributed by atoms with Gasteiger partial charge in [-0.25, -0.2) is 0 Å². The van der Waals surface area contributed by atoms with E-state index >= 15 is 0 Å². The Kier molecular flexibility index (Phi) is 4.17. The third-order valence-electron chi connectivity index (χ3n) is 3.69. The summed E-state index contributed by atoms with van der Waals surface area (Å²) in [5.74, 6) is -0.0996. The van der Waals surface area contributed by atoms with Crippen LogP contribution in [0, 0.1) is 0 Å². The maximum absolute atomic E-state index is 12.3. The van der Waals surface area contributed by atoms with Gasteiger partial charge in [0, 0.05) is 31.9 Å². The normalized spacial score (nSPS) is 17.4. The molecule has 0 aliphatic heterocycles. The van der Waals surface area contributed by atoms with Gasteiger partial charge in [0.2, 0.25) is 0 Å². The Morgan fingerprint density at radius 3 is 2.84 bits per heavy atom. The van der Waals surface area contributed by atoms with Crippen molar-refractivity contribution in [3.05, 3.63) is 29.6 Å². The zero-order valence-corrected chi connectivity index (χ0v) is 11.3. The van der Waals surface area contributed by atoms with Crippen molar-refractivity contribution in [2.45, 2.75) is 37.8 Å². The summed E-state index contributed by atoms with van der Waals surface area (Å²) in [4.78, 5) is 17.9. The Bertz CT molecular complexity index is 456. The molecule has 1 aromatic rings. The monoisotopic (exact) mass is 263 g/mol. The van der Waals surface area contributed by atoms with Gasteiger partial charge in [0.25, 0.3) is 5.91 Å². The van der Waals surface area contributed by atoms with Crippen LogP contribution in [0.3, 0.4) is 0 Å². The first-order chi connectivity index (χ1) is 9.04. The summed E-state index contributed by atoms with van der Waals surface area (Å²) < 4.78 is 0. The number of hydrogen-bond acceptors (Lipinski definition) is 4. The molecule has 1 heterocycles. The van der Waals surface area contributed by atoms with E-state index in [4.69, 9.17) is 5.73 Å². The SMILES string of the molecule is CN(CC1(O)CCCC1)C(=O)c1ccnc(CN)c1. The van der Waals surface area contributed by atoms with E-state index in [2.05, 4.69) is 4.98 Å². The summed E-state index contributed by atoms with van der Waals surface area (Å²) in [6.45, 7) is 0.695. The number of aliphatic hydroxyl groups is 1. The van der Waals surface area contributed by atoms with Crippen molar-refractivity contribution in [3.63, 3.8) is 0 Å². The van der Waals surface area contributed by atoms with E-state index in [-0.39, 0.29) is 5.91 Å². The van der Waals surface area contributed by atoms with Crippen molar-refractivity contribution in [1.29, 1.82) is 0 Å². The zero-order valence-electron chi connectivity index (χ0n) is 11.3. The zero-order chi connectivity index (χ0) is 13.9. The average molecular weight is 263 g/mol. The minimum absolute atomic E-state index is 0.0996. The van der Waals surface area contributed by atoms with Gasteiger partial charge >= 0.3 is 0 Å². The first-order valence-electron chi connectivity index (χ1n) is 6.67. The summed E-state index contributed by atoms with van der Waals surface area (Å²) in [5.41, 5.74) is 6.07. The van der Waals surface area contributed by atoms with Crippen LogP contribution < -0.4 is 5.73 Å². The number of nitrogens with two attached hydrogens (primary N) is 1. The van der Waals surface area contributed by atoms with Gasteiger partial charge in [-0.15, -0.1) is 0 Å². The van der Waals surface area contributed by atoms with Crippen molar-refractivity contribution >= 4 is 5.91 Å². The molecule has 0 aromatic carbocycles. The molecule has 3 N–H and O–H groups in total. The fraction of sp³-hybridized carbons (Fsp3) is 0.571. The summed E-state index contributed by atoms with van der Waals surface area (Å²) in [6, 6.07) is 3.38. The number of carbonyl (C=O) groups excluding carboxylic acids is 1. The van der Waals surface area contributed by atoms with Crippen LogP contribution in [-0.2, 0) is 6.54 Å². The van der Waals surface area contributed by atoms with Crippen molar-refractivity contribution in [3.8, 4) is 0 Å². The maximum atomic E-state index is 12.3. The quantitative estimate of drug-likeness (QED) is 0.846. The fourth-order valence-corrected chi connectivity index (χ4v) is 2.65. The molecule has 2 rings (SSSR count). The molecular weight excluding hydrogens is 242 g/mol. The molecule has 0 unspecified atom stereocenters. The largest absolute Gasteiger partial charge is 0.388 e. The molecule has 0 radical (unpaired) electrons. The first-order valence-corrected chi connectivity index (χ1v) is 6.67. The summed E-state index contributed by atoms with van der Waals surface area (Å²) >= 11 is 0. The number of rotatable bonds is 4. The van der Waals surface area contributed by atoms with Crippen LogP contribution in [0.25, 0.3) is 0 Å². The molecule has 0 saturated heterocycles. The van der Waals surface area contributed by atoms with Gasteiger partial charge in [0.1, 0.15) is 0 Å². The van der Waals surface area contributed by atoms with Crippen LogP contribution in [0.5, 0.6) is 0 Å².